The highest BCUT2D eigenvalue weighted by atomic mass is 32.2. The molecule has 2 atom stereocenters. The van der Waals surface area contributed by atoms with E-state index in [1.165, 1.54) is 25.3 Å². The van der Waals surface area contributed by atoms with Crippen LogP contribution in [0.4, 0.5) is 0 Å². The summed E-state index contributed by atoms with van der Waals surface area (Å²) in [6.07, 6.45) is 5.35. The van der Waals surface area contributed by atoms with Crippen molar-refractivity contribution in [1.29, 1.82) is 0 Å². The Balaban J connectivity index is 1.28. The normalized spacial score (nSPS) is 35.7. The number of ether oxygens (including phenoxy) is 1. The van der Waals surface area contributed by atoms with E-state index in [9.17, 15) is 23.1 Å². The van der Waals surface area contributed by atoms with Gasteiger partial charge in [-0.15, -0.1) is 0 Å². The van der Waals surface area contributed by atoms with Gasteiger partial charge < -0.3 is 9.84 Å². The lowest BCUT2D eigenvalue weighted by atomic mass is 9.48. The first-order chi connectivity index (χ1) is 15.6. The van der Waals surface area contributed by atoms with Gasteiger partial charge in [0, 0.05) is 18.4 Å². The van der Waals surface area contributed by atoms with E-state index in [4.69, 9.17) is 4.74 Å². The van der Waals surface area contributed by atoms with Crippen molar-refractivity contribution in [2.24, 2.45) is 23.2 Å². The van der Waals surface area contributed by atoms with E-state index in [1.807, 2.05) is 13.8 Å². The molecule has 8 heteroatoms. The SMILES string of the molecule is Cc1ccc(S(=O)(=O)N2CC(O)CC2C(=O)OCC(=O)C23CC4CC(CC(C4)C2)C3)cc1C. The summed E-state index contributed by atoms with van der Waals surface area (Å²) in [5, 5.41) is 10.2. The number of carbonyl (C=O) groups is 2. The van der Waals surface area contributed by atoms with Gasteiger partial charge in [-0.1, -0.05) is 6.07 Å². The van der Waals surface area contributed by atoms with Gasteiger partial charge in [-0.05, 0) is 93.4 Å². The zero-order valence-electron chi connectivity index (χ0n) is 19.3. The minimum absolute atomic E-state index is 0.0166. The summed E-state index contributed by atoms with van der Waals surface area (Å²) in [4.78, 5) is 26.2. The molecule has 1 N–H and O–H groups in total. The van der Waals surface area contributed by atoms with Crippen LogP contribution in [0, 0.1) is 37.0 Å². The Morgan fingerprint density at radius 3 is 2.21 bits per heavy atom. The lowest BCUT2D eigenvalue weighted by molar-refractivity contribution is -0.159. The third-order valence-electron chi connectivity index (χ3n) is 8.57. The number of Topliss-reactive ketones (excluding diaryl/α,β-unsaturated/α-hetero) is 1. The van der Waals surface area contributed by atoms with E-state index < -0.39 is 28.1 Å². The topological polar surface area (TPSA) is 101 Å². The van der Waals surface area contributed by atoms with Crippen LogP contribution in [0.3, 0.4) is 0 Å². The largest absolute Gasteiger partial charge is 0.456 e. The fraction of sp³-hybridized carbons (Fsp3) is 0.680. The van der Waals surface area contributed by atoms with Crippen molar-refractivity contribution in [3.05, 3.63) is 29.3 Å². The number of aliphatic hydroxyl groups is 1. The van der Waals surface area contributed by atoms with Crippen molar-refractivity contribution < 1.29 is 27.9 Å². The summed E-state index contributed by atoms with van der Waals surface area (Å²) in [7, 11) is -3.99. The third kappa shape index (κ3) is 4.04. The summed E-state index contributed by atoms with van der Waals surface area (Å²) < 4.78 is 33.0. The Morgan fingerprint density at radius 2 is 1.64 bits per heavy atom. The Kier molecular flexibility index (Phi) is 5.69. The Morgan fingerprint density at radius 1 is 1.03 bits per heavy atom. The molecule has 0 amide bonds. The molecule has 1 heterocycles. The highest BCUT2D eigenvalue weighted by Crippen LogP contribution is 2.60. The lowest BCUT2D eigenvalue weighted by Crippen LogP contribution is -2.51. The minimum atomic E-state index is -3.99. The second kappa shape index (κ2) is 8.17. The number of ketones is 1. The number of aliphatic hydroxyl groups excluding tert-OH is 1. The molecule has 1 aromatic carbocycles. The van der Waals surface area contributed by atoms with Crippen LogP contribution >= 0.6 is 0 Å². The van der Waals surface area contributed by atoms with E-state index in [0.717, 1.165) is 34.7 Å². The molecule has 0 radical (unpaired) electrons. The Labute approximate surface area is 195 Å². The molecule has 0 aromatic heterocycles. The summed E-state index contributed by atoms with van der Waals surface area (Å²) in [6.45, 7) is 3.24. The molecule has 4 saturated carbocycles. The van der Waals surface area contributed by atoms with Gasteiger partial charge in [0.1, 0.15) is 6.04 Å². The summed E-state index contributed by atoms with van der Waals surface area (Å²) in [6, 6.07) is 3.69. The fourth-order valence-corrected chi connectivity index (χ4v) is 8.82. The first-order valence-electron chi connectivity index (χ1n) is 12.0. The smallest absolute Gasteiger partial charge is 0.325 e. The van der Waals surface area contributed by atoms with Crippen LogP contribution in [-0.4, -0.2) is 54.9 Å². The van der Waals surface area contributed by atoms with Crippen LogP contribution in [0.2, 0.25) is 0 Å². The molecule has 0 spiro atoms. The number of β-amino-alcohol motifs (C(OH)–C–C–N with tert-alkyl or cyclic N) is 1. The first kappa shape index (κ1) is 23.0. The number of sulfonamides is 1. The Hall–Kier alpha value is -1.77. The molecule has 2 unspecified atom stereocenters. The molecular formula is C25H33NO6S. The van der Waals surface area contributed by atoms with Crippen molar-refractivity contribution in [2.75, 3.05) is 13.2 Å². The molecule has 4 bridgehead atoms. The van der Waals surface area contributed by atoms with Gasteiger partial charge in [0.2, 0.25) is 10.0 Å². The number of carbonyl (C=O) groups excluding carboxylic acids is 2. The molecule has 4 aliphatic carbocycles. The van der Waals surface area contributed by atoms with Gasteiger partial charge in [-0.3, -0.25) is 9.59 Å². The second-order valence-corrected chi connectivity index (χ2v) is 12.8. The van der Waals surface area contributed by atoms with E-state index in [2.05, 4.69) is 0 Å². The zero-order valence-corrected chi connectivity index (χ0v) is 20.1. The van der Waals surface area contributed by atoms with Gasteiger partial charge in [-0.2, -0.15) is 4.31 Å². The number of benzene rings is 1. The number of hydrogen-bond donors (Lipinski definition) is 1. The molecule has 6 rings (SSSR count). The molecule has 5 fully saturated rings. The number of hydrogen-bond acceptors (Lipinski definition) is 6. The van der Waals surface area contributed by atoms with Crippen molar-refractivity contribution in [1.82, 2.24) is 4.31 Å². The zero-order chi connectivity index (χ0) is 23.5. The van der Waals surface area contributed by atoms with Crippen molar-refractivity contribution in [2.45, 2.75) is 75.8 Å². The number of rotatable bonds is 6. The molecule has 180 valence electrons. The van der Waals surface area contributed by atoms with Gasteiger partial charge in [-0.25, -0.2) is 8.42 Å². The predicted octanol–water partition coefficient (Wildman–Crippen LogP) is 2.76. The van der Waals surface area contributed by atoms with Gasteiger partial charge in [0.25, 0.3) is 0 Å². The van der Waals surface area contributed by atoms with Crippen LogP contribution in [0.1, 0.15) is 56.1 Å². The summed E-state index contributed by atoms with van der Waals surface area (Å²) in [5.41, 5.74) is 1.43. The van der Waals surface area contributed by atoms with E-state index in [-0.39, 0.29) is 35.7 Å². The van der Waals surface area contributed by atoms with Crippen LogP contribution < -0.4 is 0 Å². The average Bonchev–Trinajstić information content (AvgIpc) is 3.15. The van der Waals surface area contributed by atoms with E-state index in [0.29, 0.717) is 17.8 Å². The maximum absolute atomic E-state index is 13.3. The second-order valence-electron chi connectivity index (χ2n) is 11.0. The predicted molar refractivity (Wildman–Crippen MR) is 121 cm³/mol. The quantitative estimate of drug-likeness (QED) is 0.635. The average molecular weight is 476 g/mol. The standard InChI is InChI=1S/C25H33NO6S/c1-15-3-4-21(5-16(15)2)33(30,31)26-13-20(27)9-22(26)24(29)32-14-23(28)25-10-17-6-18(11-25)8-19(7-17)12-25/h3-5,17-20,22,27H,6-14H2,1-2H3. The molecule has 5 aliphatic rings. The molecular weight excluding hydrogens is 442 g/mol. The number of esters is 1. The van der Waals surface area contributed by atoms with E-state index in [1.54, 1.807) is 12.1 Å². The number of aryl methyl sites for hydroxylation is 2. The highest BCUT2D eigenvalue weighted by molar-refractivity contribution is 7.89. The lowest BCUT2D eigenvalue weighted by Gasteiger charge is -2.55. The third-order valence-corrected chi connectivity index (χ3v) is 10.4. The van der Waals surface area contributed by atoms with Crippen LogP contribution in [0.5, 0.6) is 0 Å². The molecule has 7 nitrogen and oxygen atoms in total. The minimum Gasteiger partial charge on any atom is -0.456 e. The van der Waals surface area contributed by atoms with Gasteiger partial charge >= 0.3 is 5.97 Å². The fourth-order valence-electron chi connectivity index (χ4n) is 7.11. The maximum atomic E-state index is 13.3. The van der Waals surface area contributed by atoms with Crippen LogP contribution in [-0.2, 0) is 24.3 Å². The van der Waals surface area contributed by atoms with Crippen molar-refractivity contribution in [3.8, 4) is 0 Å². The molecule has 33 heavy (non-hydrogen) atoms. The maximum Gasteiger partial charge on any atom is 0.325 e. The summed E-state index contributed by atoms with van der Waals surface area (Å²) in [5.74, 6) is 1.06. The molecule has 1 saturated heterocycles. The van der Waals surface area contributed by atoms with Gasteiger partial charge in [0.15, 0.2) is 12.4 Å². The van der Waals surface area contributed by atoms with Crippen LogP contribution in [0.25, 0.3) is 0 Å². The molecule has 1 aromatic rings. The monoisotopic (exact) mass is 475 g/mol. The first-order valence-corrected chi connectivity index (χ1v) is 13.5. The van der Waals surface area contributed by atoms with Crippen LogP contribution in [0.15, 0.2) is 23.1 Å². The van der Waals surface area contributed by atoms with E-state index >= 15 is 0 Å². The summed E-state index contributed by atoms with van der Waals surface area (Å²) >= 11 is 0. The Bertz CT molecular complexity index is 1050. The number of nitrogens with zero attached hydrogens (tertiary/aromatic N) is 1. The van der Waals surface area contributed by atoms with Crippen molar-refractivity contribution in [3.63, 3.8) is 0 Å². The van der Waals surface area contributed by atoms with Crippen molar-refractivity contribution >= 4 is 21.8 Å². The molecule has 1 aliphatic heterocycles. The van der Waals surface area contributed by atoms with Gasteiger partial charge in [0.05, 0.1) is 11.0 Å². The highest BCUT2D eigenvalue weighted by Gasteiger charge is 2.54.